The predicted octanol–water partition coefficient (Wildman–Crippen LogP) is 1.53. The van der Waals surface area contributed by atoms with E-state index in [0.29, 0.717) is 18.2 Å². The van der Waals surface area contributed by atoms with Crippen molar-refractivity contribution in [2.75, 3.05) is 26.2 Å². The van der Waals surface area contributed by atoms with Gasteiger partial charge in [0.25, 0.3) is 0 Å². The third kappa shape index (κ3) is 2.74. The van der Waals surface area contributed by atoms with Gasteiger partial charge in [0.05, 0.1) is 0 Å². The number of nitrogens with two attached hydrogens (primary N) is 1. The molecule has 16 heavy (non-hydrogen) atoms. The molecule has 0 saturated carbocycles. The van der Waals surface area contributed by atoms with E-state index >= 15 is 0 Å². The summed E-state index contributed by atoms with van der Waals surface area (Å²) in [4.78, 5) is 2.48. The van der Waals surface area contributed by atoms with Crippen LogP contribution in [0, 0.1) is 0 Å². The molecule has 1 aromatic rings. The number of aromatic hydroxyl groups is 1. The molecule has 88 valence electrons. The molecule has 0 spiro atoms. The minimum absolute atomic E-state index is 0.320. The molecular weight excluding hydrogens is 200 g/mol. The van der Waals surface area contributed by atoms with E-state index in [9.17, 15) is 5.11 Å². The van der Waals surface area contributed by atoms with Crippen molar-refractivity contribution in [2.45, 2.75) is 18.8 Å². The fourth-order valence-electron chi connectivity index (χ4n) is 2.34. The van der Waals surface area contributed by atoms with Crippen LogP contribution in [-0.4, -0.2) is 36.2 Å². The van der Waals surface area contributed by atoms with Crippen LogP contribution in [0.5, 0.6) is 5.75 Å². The molecule has 1 saturated heterocycles. The summed E-state index contributed by atoms with van der Waals surface area (Å²) in [6.07, 6.45) is 2.62. The van der Waals surface area contributed by atoms with Crippen LogP contribution in [0.25, 0.3) is 0 Å². The zero-order chi connectivity index (χ0) is 11.4. The Bertz CT molecular complexity index is 317. The van der Waals surface area contributed by atoms with Crippen LogP contribution in [0.4, 0.5) is 0 Å². The highest BCUT2D eigenvalue weighted by atomic mass is 16.3. The number of rotatable bonds is 4. The Morgan fingerprint density at radius 3 is 2.38 bits per heavy atom. The quantitative estimate of drug-likeness (QED) is 0.809. The Labute approximate surface area is 96.9 Å². The Morgan fingerprint density at radius 2 is 1.81 bits per heavy atom. The summed E-state index contributed by atoms with van der Waals surface area (Å²) in [7, 11) is 0. The molecule has 2 rings (SSSR count). The Morgan fingerprint density at radius 1 is 1.19 bits per heavy atom. The molecule has 0 radical (unpaired) electrons. The number of nitrogens with zero attached hydrogens (tertiary/aromatic N) is 1. The highest BCUT2D eigenvalue weighted by Crippen LogP contribution is 2.21. The van der Waals surface area contributed by atoms with Gasteiger partial charge in [-0.2, -0.15) is 0 Å². The van der Waals surface area contributed by atoms with Crippen molar-refractivity contribution in [3.8, 4) is 5.75 Å². The average Bonchev–Trinajstić information content (AvgIpc) is 2.80. The van der Waals surface area contributed by atoms with Gasteiger partial charge in [0, 0.05) is 19.0 Å². The minimum Gasteiger partial charge on any atom is -0.508 e. The first-order valence-electron chi connectivity index (χ1n) is 6.01. The first-order valence-corrected chi connectivity index (χ1v) is 6.01. The summed E-state index contributed by atoms with van der Waals surface area (Å²) >= 11 is 0. The first-order chi connectivity index (χ1) is 7.79. The number of benzene rings is 1. The molecule has 1 aromatic carbocycles. The Balaban J connectivity index is 2.00. The fourth-order valence-corrected chi connectivity index (χ4v) is 2.34. The lowest BCUT2D eigenvalue weighted by molar-refractivity contribution is 0.315. The van der Waals surface area contributed by atoms with Crippen LogP contribution in [0.2, 0.25) is 0 Å². The SMILES string of the molecule is NCC(CN1CCCC1)c1ccc(O)cc1. The molecule has 0 bridgehead atoms. The van der Waals surface area contributed by atoms with Crippen LogP contribution in [0.1, 0.15) is 24.3 Å². The van der Waals surface area contributed by atoms with Crippen molar-refractivity contribution < 1.29 is 5.11 Å². The van der Waals surface area contributed by atoms with Crippen molar-refractivity contribution in [3.63, 3.8) is 0 Å². The predicted molar refractivity (Wildman–Crippen MR) is 65.6 cm³/mol. The van der Waals surface area contributed by atoms with Crippen LogP contribution in [-0.2, 0) is 0 Å². The van der Waals surface area contributed by atoms with E-state index in [1.807, 2.05) is 12.1 Å². The highest BCUT2D eigenvalue weighted by molar-refractivity contribution is 5.28. The molecule has 3 N–H and O–H groups in total. The molecule has 1 aliphatic heterocycles. The second-order valence-electron chi connectivity index (χ2n) is 4.53. The van der Waals surface area contributed by atoms with E-state index in [0.717, 1.165) is 6.54 Å². The maximum absolute atomic E-state index is 9.25. The maximum atomic E-state index is 9.25. The minimum atomic E-state index is 0.320. The molecule has 0 aliphatic carbocycles. The summed E-state index contributed by atoms with van der Waals surface area (Å²) in [5.41, 5.74) is 7.06. The van der Waals surface area contributed by atoms with Gasteiger partial charge in [0.1, 0.15) is 5.75 Å². The highest BCUT2D eigenvalue weighted by Gasteiger charge is 2.17. The Hall–Kier alpha value is -1.06. The van der Waals surface area contributed by atoms with Crippen LogP contribution in [0.15, 0.2) is 24.3 Å². The smallest absolute Gasteiger partial charge is 0.115 e. The third-order valence-electron chi connectivity index (χ3n) is 3.33. The van der Waals surface area contributed by atoms with Gasteiger partial charge in [-0.25, -0.2) is 0 Å². The van der Waals surface area contributed by atoms with Crippen molar-refractivity contribution in [3.05, 3.63) is 29.8 Å². The van der Waals surface area contributed by atoms with E-state index in [2.05, 4.69) is 4.90 Å². The van der Waals surface area contributed by atoms with Gasteiger partial charge < -0.3 is 15.7 Å². The zero-order valence-corrected chi connectivity index (χ0v) is 9.60. The maximum Gasteiger partial charge on any atom is 0.115 e. The number of hydrogen-bond acceptors (Lipinski definition) is 3. The number of phenols is 1. The summed E-state index contributed by atoms with van der Waals surface area (Å²) in [6.45, 7) is 4.12. The summed E-state index contributed by atoms with van der Waals surface area (Å²) in [5, 5.41) is 9.25. The molecule has 3 nitrogen and oxygen atoms in total. The zero-order valence-electron chi connectivity index (χ0n) is 9.60. The normalized spacial score (nSPS) is 18.8. The second kappa shape index (κ2) is 5.32. The monoisotopic (exact) mass is 220 g/mol. The van der Waals surface area contributed by atoms with Gasteiger partial charge in [0.15, 0.2) is 0 Å². The van der Waals surface area contributed by atoms with E-state index < -0.39 is 0 Å². The molecule has 3 heteroatoms. The lowest BCUT2D eigenvalue weighted by Crippen LogP contribution is -2.29. The fraction of sp³-hybridized carbons (Fsp3) is 0.538. The number of hydrogen-bond donors (Lipinski definition) is 2. The van der Waals surface area contributed by atoms with Crippen molar-refractivity contribution in [1.82, 2.24) is 4.90 Å². The third-order valence-corrected chi connectivity index (χ3v) is 3.33. The topological polar surface area (TPSA) is 49.5 Å². The average molecular weight is 220 g/mol. The summed E-state index contributed by atoms with van der Waals surface area (Å²) in [6, 6.07) is 7.43. The van der Waals surface area contributed by atoms with Crippen LogP contribution >= 0.6 is 0 Å². The lowest BCUT2D eigenvalue weighted by Gasteiger charge is -2.22. The van der Waals surface area contributed by atoms with Gasteiger partial charge in [-0.05, 0) is 43.6 Å². The van der Waals surface area contributed by atoms with Crippen molar-refractivity contribution >= 4 is 0 Å². The van der Waals surface area contributed by atoms with E-state index in [-0.39, 0.29) is 0 Å². The standard InChI is InChI=1S/C13H20N2O/c14-9-12(10-15-7-1-2-8-15)11-3-5-13(16)6-4-11/h3-6,12,16H,1-2,7-10,14H2. The lowest BCUT2D eigenvalue weighted by atomic mass is 9.98. The second-order valence-corrected chi connectivity index (χ2v) is 4.53. The van der Waals surface area contributed by atoms with Gasteiger partial charge in [-0.3, -0.25) is 0 Å². The van der Waals surface area contributed by atoms with Crippen LogP contribution in [0.3, 0.4) is 0 Å². The summed E-state index contributed by atoms with van der Waals surface area (Å²) < 4.78 is 0. The molecule has 1 fully saturated rings. The summed E-state index contributed by atoms with van der Waals surface area (Å²) in [5.74, 6) is 0.708. The van der Waals surface area contributed by atoms with Gasteiger partial charge in [0.2, 0.25) is 0 Å². The molecule has 0 aromatic heterocycles. The van der Waals surface area contributed by atoms with E-state index in [1.165, 1.54) is 31.5 Å². The van der Waals surface area contributed by atoms with Crippen molar-refractivity contribution in [1.29, 1.82) is 0 Å². The van der Waals surface area contributed by atoms with E-state index in [4.69, 9.17) is 5.73 Å². The largest absolute Gasteiger partial charge is 0.508 e. The van der Waals surface area contributed by atoms with Gasteiger partial charge in [-0.15, -0.1) is 0 Å². The number of phenolic OH excluding ortho intramolecular Hbond substituents is 1. The molecular formula is C13H20N2O. The number of likely N-dealkylation sites (tertiary alicyclic amines) is 1. The van der Waals surface area contributed by atoms with E-state index in [1.54, 1.807) is 12.1 Å². The van der Waals surface area contributed by atoms with Crippen molar-refractivity contribution in [2.24, 2.45) is 5.73 Å². The molecule has 0 amide bonds. The van der Waals surface area contributed by atoms with Gasteiger partial charge >= 0.3 is 0 Å². The van der Waals surface area contributed by atoms with Gasteiger partial charge in [-0.1, -0.05) is 12.1 Å². The molecule has 1 unspecified atom stereocenters. The molecule has 1 aliphatic rings. The molecule has 1 heterocycles. The molecule has 1 atom stereocenters. The van der Waals surface area contributed by atoms with Crippen LogP contribution < -0.4 is 5.73 Å². The first kappa shape index (κ1) is 11.4. The Kier molecular flexibility index (Phi) is 3.80.